The van der Waals surface area contributed by atoms with E-state index in [-0.39, 0.29) is 18.6 Å². The zero-order valence-electron chi connectivity index (χ0n) is 13.5. The average Bonchev–Trinajstić information content (AvgIpc) is 2.58. The highest BCUT2D eigenvalue weighted by Crippen LogP contribution is 2.16. The number of halogens is 2. The number of ether oxygens (including phenoxy) is 1. The summed E-state index contributed by atoms with van der Waals surface area (Å²) < 4.78 is 4.92. The van der Waals surface area contributed by atoms with E-state index in [0.29, 0.717) is 10.0 Å². The molecule has 0 saturated heterocycles. The number of carbonyl (C=O) groups excluding carboxylic acids is 2. The smallest absolute Gasteiger partial charge is 0.331 e. The third-order valence-corrected chi connectivity index (χ3v) is 3.84. The molecule has 25 heavy (non-hydrogen) atoms. The van der Waals surface area contributed by atoms with Crippen molar-refractivity contribution in [3.63, 3.8) is 0 Å². The molecule has 0 aliphatic heterocycles. The zero-order valence-corrected chi connectivity index (χ0v) is 15.1. The highest BCUT2D eigenvalue weighted by molar-refractivity contribution is 6.30. The minimum absolute atomic E-state index is 0.217. The number of hydrogen-bond donors (Lipinski definition) is 1. The van der Waals surface area contributed by atoms with Crippen molar-refractivity contribution >= 4 is 41.2 Å². The molecule has 0 fully saturated rings. The van der Waals surface area contributed by atoms with Crippen LogP contribution in [0.1, 0.15) is 24.1 Å². The lowest BCUT2D eigenvalue weighted by atomic mass is 10.1. The molecule has 2 rings (SSSR count). The van der Waals surface area contributed by atoms with Crippen LogP contribution in [0.15, 0.2) is 54.6 Å². The molecule has 0 aromatic heterocycles. The van der Waals surface area contributed by atoms with Gasteiger partial charge in [0.25, 0.3) is 5.91 Å². The monoisotopic (exact) mass is 377 g/mol. The van der Waals surface area contributed by atoms with Crippen LogP contribution in [0, 0.1) is 0 Å². The van der Waals surface area contributed by atoms with E-state index >= 15 is 0 Å². The molecule has 0 saturated carbocycles. The van der Waals surface area contributed by atoms with E-state index in [4.69, 9.17) is 27.9 Å². The molecular weight excluding hydrogens is 361 g/mol. The Morgan fingerprint density at radius 2 is 1.84 bits per heavy atom. The molecule has 1 atom stereocenters. The van der Waals surface area contributed by atoms with Crippen LogP contribution in [-0.4, -0.2) is 18.5 Å². The lowest BCUT2D eigenvalue weighted by Crippen LogP contribution is -2.30. The van der Waals surface area contributed by atoms with Gasteiger partial charge in [0.2, 0.25) is 0 Å². The first-order valence-corrected chi connectivity index (χ1v) is 8.35. The number of amides is 1. The lowest BCUT2D eigenvalue weighted by molar-refractivity contribution is -0.144. The van der Waals surface area contributed by atoms with Gasteiger partial charge in [-0.05, 0) is 48.4 Å². The SMILES string of the molecule is C[C@@H](NC(=O)COC(=O)/C=C/c1cccc(Cl)c1)c1ccc(Cl)cc1. The van der Waals surface area contributed by atoms with Crippen LogP contribution in [0.4, 0.5) is 0 Å². The summed E-state index contributed by atoms with van der Waals surface area (Å²) in [4.78, 5) is 23.5. The first-order valence-electron chi connectivity index (χ1n) is 7.59. The molecule has 0 spiro atoms. The summed E-state index contributed by atoms with van der Waals surface area (Å²) in [6.07, 6.45) is 2.82. The Kier molecular flexibility index (Phi) is 7.04. The van der Waals surface area contributed by atoms with Gasteiger partial charge in [0.1, 0.15) is 0 Å². The largest absolute Gasteiger partial charge is 0.452 e. The van der Waals surface area contributed by atoms with Crippen molar-refractivity contribution in [2.24, 2.45) is 0 Å². The summed E-state index contributed by atoms with van der Waals surface area (Å²) in [7, 11) is 0. The molecule has 0 radical (unpaired) electrons. The Balaban J connectivity index is 1.79. The molecule has 4 nitrogen and oxygen atoms in total. The second-order valence-electron chi connectivity index (χ2n) is 5.34. The quantitative estimate of drug-likeness (QED) is 0.598. The van der Waals surface area contributed by atoms with Gasteiger partial charge in [-0.15, -0.1) is 0 Å². The summed E-state index contributed by atoms with van der Waals surface area (Å²) in [5, 5.41) is 3.95. The molecular formula is C19H17Cl2NO3. The van der Waals surface area contributed by atoms with Crippen molar-refractivity contribution in [3.05, 3.63) is 75.8 Å². The minimum Gasteiger partial charge on any atom is -0.452 e. The molecule has 6 heteroatoms. The van der Waals surface area contributed by atoms with E-state index in [1.165, 1.54) is 6.08 Å². The molecule has 0 unspecified atom stereocenters. The van der Waals surface area contributed by atoms with Crippen LogP contribution in [-0.2, 0) is 14.3 Å². The summed E-state index contributed by atoms with van der Waals surface area (Å²) >= 11 is 11.7. The highest BCUT2D eigenvalue weighted by Gasteiger charge is 2.11. The molecule has 130 valence electrons. The van der Waals surface area contributed by atoms with Crippen molar-refractivity contribution in [1.29, 1.82) is 0 Å². The molecule has 1 amide bonds. The van der Waals surface area contributed by atoms with Crippen LogP contribution in [0.3, 0.4) is 0 Å². The predicted octanol–water partition coefficient (Wildman–Crippen LogP) is 4.43. The summed E-state index contributed by atoms with van der Waals surface area (Å²) in [5.74, 6) is -0.985. The molecule has 1 N–H and O–H groups in total. The van der Waals surface area contributed by atoms with Crippen LogP contribution in [0.25, 0.3) is 6.08 Å². The second-order valence-corrected chi connectivity index (χ2v) is 6.21. The van der Waals surface area contributed by atoms with Gasteiger partial charge in [0, 0.05) is 16.1 Å². The van der Waals surface area contributed by atoms with Gasteiger partial charge in [-0.3, -0.25) is 4.79 Å². The predicted molar refractivity (Wildman–Crippen MR) is 99.5 cm³/mol. The Bertz CT molecular complexity index is 772. The fraction of sp³-hybridized carbons (Fsp3) is 0.158. The van der Waals surface area contributed by atoms with Gasteiger partial charge in [0.05, 0.1) is 6.04 Å². The first-order chi connectivity index (χ1) is 11.9. The Morgan fingerprint density at radius 3 is 2.52 bits per heavy atom. The number of benzene rings is 2. The summed E-state index contributed by atoms with van der Waals surface area (Å²) in [6, 6.07) is 14.0. The molecule has 2 aromatic rings. The van der Waals surface area contributed by atoms with E-state index in [1.807, 2.05) is 19.1 Å². The Labute approximate surface area is 156 Å². The van der Waals surface area contributed by atoms with Crippen molar-refractivity contribution < 1.29 is 14.3 Å². The maximum atomic E-state index is 11.9. The van der Waals surface area contributed by atoms with E-state index in [1.54, 1.807) is 42.5 Å². The number of hydrogen-bond acceptors (Lipinski definition) is 3. The van der Waals surface area contributed by atoms with E-state index < -0.39 is 5.97 Å². The minimum atomic E-state index is -0.603. The molecule has 0 bridgehead atoms. The van der Waals surface area contributed by atoms with E-state index in [2.05, 4.69) is 5.32 Å². The maximum absolute atomic E-state index is 11.9. The number of rotatable bonds is 6. The van der Waals surface area contributed by atoms with Gasteiger partial charge in [-0.25, -0.2) is 4.79 Å². The highest BCUT2D eigenvalue weighted by atomic mass is 35.5. The average molecular weight is 378 g/mol. The van der Waals surface area contributed by atoms with E-state index in [9.17, 15) is 9.59 Å². The molecule has 0 aliphatic carbocycles. The van der Waals surface area contributed by atoms with Gasteiger partial charge in [0.15, 0.2) is 6.61 Å². The normalized spacial score (nSPS) is 12.0. The molecule has 0 aliphatic rings. The first kappa shape index (κ1) is 19.0. The fourth-order valence-electron chi connectivity index (χ4n) is 2.08. The topological polar surface area (TPSA) is 55.4 Å². The maximum Gasteiger partial charge on any atom is 0.331 e. The second kappa shape index (κ2) is 9.25. The fourth-order valence-corrected chi connectivity index (χ4v) is 2.40. The van der Waals surface area contributed by atoms with Gasteiger partial charge in [-0.2, -0.15) is 0 Å². The van der Waals surface area contributed by atoms with Crippen molar-refractivity contribution in [1.82, 2.24) is 5.32 Å². The molecule has 2 aromatic carbocycles. The van der Waals surface area contributed by atoms with Crippen LogP contribution in [0.2, 0.25) is 10.0 Å². The lowest BCUT2D eigenvalue weighted by Gasteiger charge is -2.14. The number of carbonyl (C=O) groups is 2. The Morgan fingerprint density at radius 1 is 1.12 bits per heavy atom. The van der Waals surface area contributed by atoms with Gasteiger partial charge in [-0.1, -0.05) is 47.5 Å². The summed E-state index contributed by atoms with van der Waals surface area (Å²) in [5.41, 5.74) is 1.68. The standard InChI is InChI=1S/C19H17Cl2NO3/c1-13(15-6-8-16(20)9-7-15)22-18(23)12-25-19(24)10-5-14-3-2-4-17(21)11-14/h2-11,13H,12H2,1H3,(H,22,23)/b10-5+/t13-/m1/s1. The van der Waals surface area contributed by atoms with Crippen molar-refractivity contribution in [2.75, 3.05) is 6.61 Å². The van der Waals surface area contributed by atoms with Gasteiger partial charge >= 0.3 is 5.97 Å². The third kappa shape index (κ3) is 6.61. The van der Waals surface area contributed by atoms with Crippen LogP contribution in [0.5, 0.6) is 0 Å². The number of esters is 1. The van der Waals surface area contributed by atoms with Crippen molar-refractivity contribution in [2.45, 2.75) is 13.0 Å². The number of nitrogens with one attached hydrogen (secondary N) is 1. The Hall–Kier alpha value is -2.30. The molecule has 0 heterocycles. The van der Waals surface area contributed by atoms with Crippen molar-refractivity contribution in [3.8, 4) is 0 Å². The van der Waals surface area contributed by atoms with Crippen LogP contribution < -0.4 is 5.32 Å². The van der Waals surface area contributed by atoms with E-state index in [0.717, 1.165) is 11.1 Å². The zero-order chi connectivity index (χ0) is 18.2. The summed E-state index contributed by atoms with van der Waals surface area (Å²) in [6.45, 7) is 1.48. The third-order valence-electron chi connectivity index (χ3n) is 3.35. The van der Waals surface area contributed by atoms with Crippen LogP contribution >= 0.6 is 23.2 Å². The van der Waals surface area contributed by atoms with Gasteiger partial charge < -0.3 is 10.1 Å².